The number of aryl methyl sites for hydroxylation is 3. The first-order valence-electron chi connectivity index (χ1n) is 5.75. The summed E-state index contributed by atoms with van der Waals surface area (Å²) in [5, 5.41) is 5.36. The number of nitrogen functional groups attached to an aromatic ring is 1. The Morgan fingerprint density at radius 3 is 2.84 bits per heavy atom. The summed E-state index contributed by atoms with van der Waals surface area (Å²) in [5.74, 6) is 6.33. The third-order valence-electron chi connectivity index (χ3n) is 2.71. The first-order chi connectivity index (χ1) is 9.01. The second-order valence-electron chi connectivity index (χ2n) is 4.20. The van der Waals surface area contributed by atoms with Gasteiger partial charge in [0.15, 0.2) is 5.76 Å². The highest BCUT2D eigenvalue weighted by Crippen LogP contribution is 2.26. The molecule has 0 radical (unpaired) electrons. The Morgan fingerprint density at radius 2 is 2.26 bits per heavy atom. The molecule has 2 aromatic rings. The number of hydrogen-bond acceptors (Lipinski definition) is 5. The predicted molar refractivity (Wildman–Crippen MR) is 72.6 cm³/mol. The van der Waals surface area contributed by atoms with Crippen molar-refractivity contribution in [2.24, 2.45) is 12.9 Å². The Balaban J connectivity index is 2.09. The Kier molecular flexibility index (Phi) is 3.96. The topological polar surface area (TPSA) is 86.1 Å². The number of carbonyl (C=O) groups excluding carboxylic acids is 1. The molecule has 0 aliphatic carbocycles. The van der Waals surface area contributed by atoms with Crippen molar-refractivity contribution >= 4 is 17.7 Å². The Bertz CT molecular complexity index is 603. The second kappa shape index (κ2) is 5.50. The molecule has 0 saturated heterocycles. The minimum atomic E-state index is -0.421. The monoisotopic (exact) mass is 280 g/mol. The lowest BCUT2D eigenvalue weighted by Crippen LogP contribution is -2.29. The van der Waals surface area contributed by atoms with Crippen molar-refractivity contribution in [3.8, 4) is 0 Å². The molecule has 1 amide bonds. The lowest BCUT2D eigenvalue weighted by molar-refractivity contribution is 0.0924. The predicted octanol–water partition coefficient (Wildman–Crippen LogP) is 1.53. The molecule has 0 unspecified atom stereocenters. The maximum atomic E-state index is 11.4. The van der Waals surface area contributed by atoms with Gasteiger partial charge < -0.3 is 4.42 Å². The lowest BCUT2D eigenvalue weighted by atomic mass is 10.3. The van der Waals surface area contributed by atoms with Crippen LogP contribution in [0.25, 0.3) is 0 Å². The fraction of sp³-hybridized carbons (Fsp3) is 0.333. The van der Waals surface area contributed by atoms with Crippen molar-refractivity contribution in [2.75, 3.05) is 0 Å². The quantitative estimate of drug-likeness (QED) is 0.384. The van der Waals surface area contributed by atoms with Gasteiger partial charge in [0.1, 0.15) is 5.76 Å². The molecule has 2 rings (SSSR count). The molecule has 2 aromatic heterocycles. The molecule has 0 aliphatic heterocycles. The number of aromatic nitrogens is 2. The minimum absolute atomic E-state index is 0.233. The van der Waals surface area contributed by atoms with E-state index in [2.05, 4.69) is 10.5 Å². The summed E-state index contributed by atoms with van der Waals surface area (Å²) < 4.78 is 7.20. The number of hydrogen-bond donors (Lipinski definition) is 2. The number of amides is 1. The van der Waals surface area contributed by atoms with E-state index in [1.807, 2.05) is 31.6 Å². The van der Waals surface area contributed by atoms with Crippen LogP contribution in [0, 0.1) is 13.8 Å². The van der Waals surface area contributed by atoms with Crippen LogP contribution < -0.4 is 11.3 Å². The summed E-state index contributed by atoms with van der Waals surface area (Å²) in [6, 6.07) is 3.74. The number of rotatable bonds is 4. The van der Waals surface area contributed by atoms with E-state index in [0.717, 1.165) is 22.0 Å². The number of furan rings is 1. The molecule has 0 spiro atoms. The second-order valence-corrected chi connectivity index (χ2v) is 5.20. The minimum Gasteiger partial charge on any atom is -0.456 e. The molecular formula is C12H16N4O2S. The lowest BCUT2D eigenvalue weighted by Gasteiger charge is -2.00. The van der Waals surface area contributed by atoms with Crippen LogP contribution in [0.4, 0.5) is 0 Å². The fourth-order valence-electron chi connectivity index (χ4n) is 1.72. The molecule has 6 nitrogen and oxygen atoms in total. The fourth-order valence-corrected chi connectivity index (χ4v) is 2.79. The van der Waals surface area contributed by atoms with Crippen LogP contribution in [0.2, 0.25) is 0 Å². The summed E-state index contributed by atoms with van der Waals surface area (Å²) in [4.78, 5) is 11.4. The van der Waals surface area contributed by atoms with Crippen LogP contribution in [0.1, 0.15) is 27.6 Å². The molecule has 102 valence electrons. The third kappa shape index (κ3) is 2.99. The van der Waals surface area contributed by atoms with E-state index in [9.17, 15) is 4.79 Å². The van der Waals surface area contributed by atoms with E-state index >= 15 is 0 Å². The zero-order chi connectivity index (χ0) is 14.0. The standard InChI is InChI=1S/C12H16N4O2S/c1-7-4-11(16(3)15-7)19-6-9-5-10(12(17)14-13)18-8(9)2/h4-5H,6,13H2,1-3H3,(H,14,17). The van der Waals surface area contributed by atoms with Gasteiger partial charge in [-0.2, -0.15) is 5.10 Å². The normalized spacial score (nSPS) is 10.7. The van der Waals surface area contributed by atoms with Gasteiger partial charge in [-0.1, -0.05) is 0 Å². The van der Waals surface area contributed by atoms with Crippen LogP contribution in [-0.2, 0) is 12.8 Å². The molecule has 0 saturated carbocycles. The van der Waals surface area contributed by atoms with Crippen molar-refractivity contribution in [2.45, 2.75) is 24.6 Å². The number of nitrogens with one attached hydrogen (secondary N) is 1. The summed E-state index contributed by atoms with van der Waals surface area (Å²) in [6.07, 6.45) is 0. The average Bonchev–Trinajstić information content (AvgIpc) is 2.89. The summed E-state index contributed by atoms with van der Waals surface area (Å²) >= 11 is 1.65. The maximum absolute atomic E-state index is 11.4. The number of nitrogens with zero attached hydrogens (tertiary/aromatic N) is 2. The molecule has 0 aliphatic rings. The van der Waals surface area contributed by atoms with Crippen molar-refractivity contribution in [3.63, 3.8) is 0 Å². The number of hydrazine groups is 1. The van der Waals surface area contributed by atoms with Gasteiger partial charge in [0.05, 0.1) is 10.7 Å². The molecular weight excluding hydrogens is 264 g/mol. The van der Waals surface area contributed by atoms with Crippen LogP contribution in [0.3, 0.4) is 0 Å². The van der Waals surface area contributed by atoms with Crippen LogP contribution in [-0.4, -0.2) is 15.7 Å². The van der Waals surface area contributed by atoms with Gasteiger partial charge >= 0.3 is 5.91 Å². The van der Waals surface area contributed by atoms with E-state index in [1.54, 1.807) is 17.8 Å². The molecule has 19 heavy (non-hydrogen) atoms. The van der Waals surface area contributed by atoms with Gasteiger partial charge in [-0.05, 0) is 26.0 Å². The largest absolute Gasteiger partial charge is 0.456 e. The van der Waals surface area contributed by atoms with E-state index in [1.165, 1.54) is 0 Å². The van der Waals surface area contributed by atoms with Crippen molar-refractivity contribution in [3.05, 3.63) is 34.9 Å². The van der Waals surface area contributed by atoms with Gasteiger partial charge in [-0.25, -0.2) is 5.84 Å². The first-order valence-corrected chi connectivity index (χ1v) is 6.73. The van der Waals surface area contributed by atoms with E-state index in [0.29, 0.717) is 5.75 Å². The zero-order valence-electron chi connectivity index (χ0n) is 11.1. The van der Waals surface area contributed by atoms with Crippen molar-refractivity contribution < 1.29 is 9.21 Å². The zero-order valence-corrected chi connectivity index (χ0v) is 11.9. The summed E-state index contributed by atoms with van der Waals surface area (Å²) in [6.45, 7) is 3.79. The SMILES string of the molecule is Cc1cc(SCc2cc(C(=O)NN)oc2C)n(C)n1. The van der Waals surface area contributed by atoms with Crippen molar-refractivity contribution in [1.82, 2.24) is 15.2 Å². The summed E-state index contributed by atoms with van der Waals surface area (Å²) in [7, 11) is 1.91. The van der Waals surface area contributed by atoms with E-state index in [-0.39, 0.29) is 5.76 Å². The smallest absolute Gasteiger partial charge is 0.300 e. The molecule has 7 heteroatoms. The van der Waals surface area contributed by atoms with Gasteiger partial charge in [0.25, 0.3) is 0 Å². The Hall–Kier alpha value is -1.73. The molecule has 0 fully saturated rings. The highest BCUT2D eigenvalue weighted by Gasteiger charge is 2.14. The molecule has 2 heterocycles. The average molecular weight is 280 g/mol. The molecule has 0 aromatic carbocycles. The number of nitrogens with two attached hydrogens (primary N) is 1. The Morgan fingerprint density at radius 1 is 1.53 bits per heavy atom. The highest BCUT2D eigenvalue weighted by molar-refractivity contribution is 7.98. The van der Waals surface area contributed by atoms with Gasteiger partial charge in [-0.3, -0.25) is 14.9 Å². The summed E-state index contributed by atoms with van der Waals surface area (Å²) in [5.41, 5.74) is 4.01. The molecule has 0 atom stereocenters. The highest BCUT2D eigenvalue weighted by atomic mass is 32.2. The maximum Gasteiger partial charge on any atom is 0.300 e. The van der Waals surface area contributed by atoms with Gasteiger partial charge in [0, 0.05) is 18.4 Å². The molecule has 3 N–H and O–H groups in total. The van der Waals surface area contributed by atoms with Crippen LogP contribution in [0.5, 0.6) is 0 Å². The third-order valence-corrected chi connectivity index (χ3v) is 3.84. The first kappa shape index (κ1) is 13.7. The van der Waals surface area contributed by atoms with E-state index < -0.39 is 5.91 Å². The van der Waals surface area contributed by atoms with Gasteiger partial charge in [-0.15, -0.1) is 11.8 Å². The van der Waals surface area contributed by atoms with Crippen molar-refractivity contribution in [1.29, 1.82) is 0 Å². The van der Waals surface area contributed by atoms with Gasteiger partial charge in [0.2, 0.25) is 0 Å². The van der Waals surface area contributed by atoms with Crippen LogP contribution in [0.15, 0.2) is 21.6 Å². The van der Waals surface area contributed by atoms with Crippen LogP contribution >= 0.6 is 11.8 Å². The Labute approximate surface area is 115 Å². The number of thioether (sulfide) groups is 1. The van der Waals surface area contributed by atoms with E-state index in [4.69, 9.17) is 10.3 Å². The number of carbonyl (C=O) groups is 1. The molecule has 0 bridgehead atoms.